The van der Waals surface area contributed by atoms with E-state index in [4.69, 9.17) is 4.74 Å². The van der Waals surface area contributed by atoms with Crippen LogP contribution in [0.3, 0.4) is 0 Å². The topological polar surface area (TPSA) is 54.5 Å². The summed E-state index contributed by atoms with van der Waals surface area (Å²) in [4.78, 5) is 21.0. The Morgan fingerprint density at radius 3 is 2.65 bits per heavy atom. The Hall–Kier alpha value is -1.96. The first-order valence-electron chi connectivity index (χ1n) is 8.64. The summed E-state index contributed by atoms with van der Waals surface area (Å²) < 4.78 is 6.22. The minimum atomic E-state index is -0.0540. The number of thiophene rings is 1. The molecule has 0 atom stereocenters. The van der Waals surface area contributed by atoms with Crippen molar-refractivity contribution in [2.75, 3.05) is 25.1 Å². The van der Waals surface area contributed by atoms with Gasteiger partial charge < -0.3 is 15.0 Å². The van der Waals surface area contributed by atoms with Crippen LogP contribution in [-0.4, -0.2) is 31.1 Å². The zero-order valence-electron chi connectivity index (χ0n) is 15.2. The quantitative estimate of drug-likeness (QED) is 0.625. The van der Waals surface area contributed by atoms with Crippen molar-refractivity contribution in [2.24, 2.45) is 0 Å². The number of amides is 1. The lowest BCUT2D eigenvalue weighted by atomic mass is 10.1. The Bertz CT molecular complexity index is 852. The van der Waals surface area contributed by atoms with Gasteiger partial charge in [0.2, 0.25) is 0 Å². The predicted molar refractivity (Wildman–Crippen MR) is 109 cm³/mol. The molecule has 138 valence electrons. The molecule has 3 rings (SSSR count). The van der Waals surface area contributed by atoms with Crippen LogP contribution in [0.4, 0.5) is 5.13 Å². The van der Waals surface area contributed by atoms with Gasteiger partial charge in [-0.1, -0.05) is 35.6 Å². The second kappa shape index (κ2) is 8.62. The molecule has 2 heterocycles. The van der Waals surface area contributed by atoms with Gasteiger partial charge in [-0.25, -0.2) is 4.98 Å². The highest BCUT2D eigenvalue weighted by Gasteiger charge is 2.15. The molecule has 1 amide bonds. The minimum absolute atomic E-state index is 0.0540. The molecule has 1 N–H and O–H groups in total. The van der Waals surface area contributed by atoms with Crippen molar-refractivity contribution in [3.05, 3.63) is 46.3 Å². The molecular weight excluding hydrogens is 366 g/mol. The summed E-state index contributed by atoms with van der Waals surface area (Å²) in [6.45, 7) is 7.20. The monoisotopic (exact) mass is 389 g/mol. The Kier molecular flexibility index (Phi) is 6.24. The number of thiazole rings is 1. The van der Waals surface area contributed by atoms with Crippen LogP contribution in [0.2, 0.25) is 0 Å². The molecule has 0 fully saturated rings. The molecule has 5 nitrogen and oxygen atoms in total. The fourth-order valence-electron chi connectivity index (χ4n) is 2.73. The Balaban J connectivity index is 1.66. The van der Waals surface area contributed by atoms with Crippen LogP contribution in [0.25, 0.3) is 9.53 Å². The zero-order chi connectivity index (χ0) is 18.5. The lowest BCUT2D eigenvalue weighted by Gasteiger charge is -2.16. The zero-order valence-corrected chi connectivity index (χ0v) is 16.9. The number of hydrogen-bond acceptors (Lipinski definition) is 6. The van der Waals surface area contributed by atoms with Crippen LogP contribution in [-0.2, 0) is 17.9 Å². The molecule has 0 aliphatic carbocycles. The van der Waals surface area contributed by atoms with Gasteiger partial charge in [0, 0.05) is 26.7 Å². The van der Waals surface area contributed by atoms with Crippen LogP contribution in [0, 0.1) is 0 Å². The van der Waals surface area contributed by atoms with Gasteiger partial charge in [0.25, 0.3) is 5.91 Å². The van der Waals surface area contributed by atoms with E-state index in [-0.39, 0.29) is 5.91 Å². The van der Waals surface area contributed by atoms with E-state index in [9.17, 15) is 4.79 Å². The lowest BCUT2D eigenvalue weighted by Crippen LogP contribution is -2.22. The smallest absolute Gasteiger partial charge is 0.261 e. The third-order valence-corrected chi connectivity index (χ3v) is 6.31. The van der Waals surface area contributed by atoms with Crippen molar-refractivity contribution >= 4 is 43.2 Å². The van der Waals surface area contributed by atoms with Gasteiger partial charge >= 0.3 is 0 Å². The average Bonchev–Trinajstić information content (AvgIpc) is 3.21. The van der Waals surface area contributed by atoms with Crippen molar-refractivity contribution in [3.8, 4) is 0 Å². The van der Waals surface area contributed by atoms with Gasteiger partial charge in [0.05, 0.1) is 16.2 Å². The first-order valence-corrected chi connectivity index (χ1v) is 10.3. The summed E-state index contributed by atoms with van der Waals surface area (Å²) in [7, 11) is 1.68. The maximum atomic E-state index is 12.5. The number of nitrogens with one attached hydrogen (secondary N) is 1. The number of nitrogens with zero attached hydrogens (tertiary/aromatic N) is 2. The molecule has 0 aliphatic rings. The molecular formula is C19H23N3O2S2. The number of anilines is 1. The third kappa shape index (κ3) is 4.23. The number of methoxy groups -OCH3 is 1. The highest BCUT2D eigenvalue weighted by molar-refractivity contribution is 7.29. The van der Waals surface area contributed by atoms with Crippen molar-refractivity contribution in [1.82, 2.24) is 10.3 Å². The Morgan fingerprint density at radius 1 is 1.19 bits per heavy atom. The van der Waals surface area contributed by atoms with E-state index in [0.717, 1.165) is 38.9 Å². The summed E-state index contributed by atoms with van der Waals surface area (Å²) >= 11 is 3.10. The molecule has 2 aromatic heterocycles. The SMILES string of the molecule is CCN(CC)c1nc2sc(C(=O)NCc3cccc(COC)c3)cc2s1. The van der Waals surface area contributed by atoms with E-state index in [2.05, 4.69) is 35.1 Å². The number of fused-ring (bicyclic) bond motifs is 1. The first kappa shape index (κ1) is 18.8. The normalized spacial score (nSPS) is 11.0. The third-order valence-electron chi connectivity index (χ3n) is 4.09. The van der Waals surface area contributed by atoms with Gasteiger partial charge in [-0.15, -0.1) is 11.3 Å². The van der Waals surface area contributed by atoms with Crippen LogP contribution in [0.15, 0.2) is 30.3 Å². The molecule has 0 saturated carbocycles. The van der Waals surface area contributed by atoms with Crippen LogP contribution in [0.5, 0.6) is 0 Å². The van der Waals surface area contributed by atoms with Gasteiger partial charge in [-0.05, 0) is 31.0 Å². The number of carbonyl (C=O) groups is 1. The van der Waals surface area contributed by atoms with Crippen LogP contribution < -0.4 is 10.2 Å². The second-order valence-corrected chi connectivity index (χ2v) is 7.92. The van der Waals surface area contributed by atoms with E-state index < -0.39 is 0 Å². The average molecular weight is 390 g/mol. The first-order chi connectivity index (χ1) is 12.6. The summed E-state index contributed by atoms with van der Waals surface area (Å²) in [5.74, 6) is -0.0540. The molecule has 0 unspecified atom stereocenters. The maximum absolute atomic E-state index is 12.5. The van der Waals surface area contributed by atoms with Crippen molar-refractivity contribution < 1.29 is 9.53 Å². The van der Waals surface area contributed by atoms with Gasteiger partial charge in [-0.3, -0.25) is 4.79 Å². The van der Waals surface area contributed by atoms with Gasteiger partial charge in [0.15, 0.2) is 5.13 Å². The molecule has 0 saturated heterocycles. The number of hydrogen-bond donors (Lipinski definition) is 1. The standard InChI is InChI=1S/C19H23N3O2S2/c1-4-22(5-2)19-21-18-16(26-19)10-15(25-18)17(23)20-11-13-7-6-8-14(9-13)12-24-3/h6-10H,4-5,11-12H2,1-3H3,(H,20,23). The predicted octanol–water partition coefficient (Wildman–Crippen LogP) is 4.28. The summed E-state index contributed by atoms with van der Waals surface area (Å²) in [6.07, 6.45) is 0. The molecule has 0 spiro atoms. The van der Waals surface area contributed by atoms with E-state index in [1.807, 2.05) is 24.3 Å². The Morgan fingerprint density at radius 2 is 1.96 bits per heavy atom. The largest absolute Gasteiger partial charge is 0.380 e. The van der Waals surface area contributed by atoms with Crippen molar-refractivity contribution in [2.45, 2.75) is 27.0 Å². The molecule has 26 heavy (non-hydrogen) atoms. The number of ether oxygens (including phenoxy) is 1. The van der Waals surface area contributed by atoms with Crippen molar-refractivity contribution in [1.29, 1.82) is 0 Å². The molecule has 0 aliphatic heterocycles. The van der Waals surface area contributed by atoms with E-state index in [1.54, 1.807) is 18.4 Å². The number of aromatic nitrogens is 1. The van der Waals surface area contributed by atoms with Crippen LogP contribution >= 0.6 is 22.7 Å². The van der Waals surface area contributed by atoms with E-state index >= 15 is 0 Å². The highest BCUT2D eigenvalue weighted by atomic mass is 32.1. The molecule has 0 bridgehead atoms. The van der Waals surface area contributed by atoms with E-state index in [1.165, 1.54) is 11.3 Å². The number of benzene rings is 1. The number of carbonyl (C=O) groups excluding carboxylic acids is 1. The fraction of sp³-hybridized carbons (Fsp3) is 0.368. The molecule has 7 heteroatoms. The minimum Gasteiger partial charge on any atom is -0.380 e. The summed E-state index contributed by atoms with van der Waals surface area (Å²) in [5, 5.41) is 4.02. The van der Waals surface area contributed by atoms with E-state index in [0.29, 0.717) is 18.0 Å². The van der Waals surface area contributed by atoms with Gasteiger partial charge in [0.1, 0.15) is 4.83 Å². The van der Waals surface area contributed by atoms with Crippen molar-refractivity contribution in [3.63, 3.8) is 0 Å². The van der Waals surface area contributed by atoms with Crippen LogP contribution in [0.1, 0.15) is 34.6 Å². The summed E-state index contributed by atoms with van der Waals surface area (Å²) in [5.41, 5.74) is 2.16. The molecule has 0 radical (unpaired) electrons. The molecule has 3 aromatic rings. The summed E-state index contributed by atoms with van der Waals surface area (Å²) in [6, 6.07) is 10.00. The second-order valence-electron chi connectivity index (χ2n) is 5.88. The maximum Gasteiger partial charge on any atom is 0.261 e. The lowest BCUT2D eigenvalue weighted by molar-refractivity contribution is 0.0955. The number of rotatable bonds is 8. The molecule has 1 aromatic carbocycles. The highest BCUT2D eigenvalue weighted by Crippen LogP contribution is 2.34. The fourth-order valence-corrected chi connectivity index (χ4v) is 4.99. The Labute approximate surface area is 161 Å². The van der Waals surface area contributed by atoms with Gasteiger partial charge in [-0.2, -0.15) is 0 Å².